The molecule has 0 aliphatic carbocycles. The Balaban J connectivity index is 2.11. The van der Waals surface area contributed by atoms with Crippen molar-refractivity contribution >= 4 is 17.2 Å². The number of ether oxygens (including phenoxy) is 1. The molecular weight excluding hydrogens is 304 g/mol. The zero-order chi connectivity index (χ0) is 16.2. The standard InChI is InChI=1S/C15H20N2O4S/c1-10-4-5-12(21-10)14-16-11(8-22-14)13(19)17-15(2,6-7-18)9-20-3/h4-5,8,18H,6-7,9H2,1-3H3,(H,17,19). The third-order valence-electron chi connectivity index (χ3n) is 3.23. The maximum absolute atomic E-state index is 12.3. The number of thiazole rings is 1. The van der Waals surface area contributed by atoms with Crippen LogP contribution in [0.1, 0.15) is 29.6 Å². The highest BCUT2D eigenvalue weighted by Crippen LogP contribution is 2.25. The van der Waals surface area contributed by atoms with Crippen LogP contribution in [0.5, 0.6) is 0 Å². The van der Waals surface area contributed by atoms with E-state index in [2.05, 4.69) is 10.3 Å². The molecule has 2 aromatic heterocycles. The number of rotatable bonds is 7. The van der Waals surface area contributed by atoms with Crippen LogP contribution in [-0.2, 0) is 4.74 Å². The molecule has 0 bridgehead atoms. The molecule has 2 N–H and O–H groups in total. The number of aromatic nitrogens is 1. The van der Waals surface area contributed by atoms with Crippen LogP contribution < -0.4 is 5.32 Å². The van der Waals surface area contributed by atoms with E-state index in [9.17, 15) is 4.79 Å². The Hall–Kier alpha value is -1.70. The number of hydrogen-bond acceptors (Lipinski definition) is 6. The topological polar surface area (TPSA) is 84.6 Å². The maximum atomic E-state index is 12.3. The summed E-state index contributed by atoms with van der Waals surface area (Å²) < 4.78 is 10.6. The Labute approximate surface area is 133 Å². The van der Waals surface area contributed by atoms with Crippen LogP contribution in [0.2, 0.25) is 0 Å². The van der Waals surface area contributed by atoms with E-state index in [1.165, 1.54) is 11.3 Å². The van der Waals surface area contributed by atoms with E-state index in [0.29, 0.717) is 29.5 Å². The summed E-state index contributed by atoms with van der Waals surface area (Å²) in [6.45, 7) is 3.96. The quantitative estimate of drug-likeness (QED) is 0.816. The molecule has 0 saturated heterocycles. The van der Waals surface area contributed by atoms with Crippen LogP contribution in [0.15, 0.2) is 21.9 Å². The smallest absolute Gasteiger partial charge is 0.271 e. The SMILES string of the molecule is COCC(C)(CCO)NC(=O)c1csc(-c2ccc(C)o2)n1. The highest BCUT2D eigenvalue weighted by Gasteiger charge is 2.27. The van der Waals surface area contributed by atoms with Gasteiger partial charge in [0, 0.05) is 19.1 Å². The number of furan rings is 1. The number of aryl methyl sites for hydroxylation is 1. The Morgan fingerprint density at radius 2 is 2.32 bits per heavy atom. The van der Waals surface area contributed by atoms with Crippen molar-refractivity contribution in [1.82, 2.24) is 10.3 Å². The molecule has 2 aromatic rings. The number of aliphatic hydroxyl groups excluding tert-OH is 1. The molecule has 2 rings (SSSR count). The normalized spacial score (nSPS) is 13.8. The molecule has 7 heteroatoms. The fraction of sp³-hybridized carbons (Fsp3) is 0.467. The van der Waals surface area contributed by atoms with Crippen molar-refractivity contribution in [1.29, 1.82) is 0 Å². The van der Waals surface area contributed by atoms with Crippen molar-refractivity contribution in [3.63, 3.8) is 0 Å². The van der Waals surface area contributed by atoms with Crippen molar-refractivity contribution in [2.45, 2.75) is 25.8 Å². The van der Waals surface area contributed by atoms with Gasteiger partial charge in [0.1, 0.15) is 11.5 Å². The molecule has 1 amide bonds. The number of nitrogens with zero attached hydrogens (tertiary/aromatic N) is 1. The summed E-state index contributed by atoms with van der Waals surface area (Å²) in [5.41, 5.74) is -0.305. The Morgan fingerprint density at radius 3 is 2.91 bits per heavy atom. The second-order valence-corrected chi connectivity index (χ2v) is 6.23. The van der Waals surface area contributed by atoms with E-state index in [0.717, 1.165) is 5.76 Å². The molecule has 0 saturated carbocycles. The van der Waals surface area contributed by atoms with Gasteiger partial charge in [-0.25, -0.2) is 4.98 Å². The lowest BCUT2D eigenvalue weighted by atomic mass is 9.99. The van der Waals surface area contributed by atoms with Gasteiger partial charge in [-0.05, 0) is 32.4 Å². The van der Waals surface area contributed by atoms with Crippen molar-refractivity contribution in [2.75, 3.05) is 20.3 Å². The molecule has 6 nitrogen and oxygen atoms in total. The van der Waals surface area contributed by atoms with E-state index < -0.39 is 5.54 Å². The summed E-state index contributed by atoms with van der Waals surface area (Å²) in [6.07, 6.45) is 0.404. The number of carbonyl (C=O) groups excluding carboxylic acids is 1. The van der Waals surface area contributed by atoms with Crippen LogP contribution in [0.3, 0.4) is 0 Å². The average Bonchev–Trinajstić information content (AvgIpc) is 3.07. The van der Waals surface area contributed by atoms with Crippen molar-refractivity contribution in [2.24, 2.45) is 0 Å². The molecule has 120 valence electrons. The van der Waals surface area contributed by atoms with Gasteiger partial charge < -0.3 is 19.6 Å². The van der Waals surface area contributed by atoms with E-state index >= 15 is 0 Å². The first-order valence-corrected chi connectivity index (χ1v) is 7.80. The third kappa shape index (κ3) is 3.94. The van der Waals surface area contributed by atoms with Crippen LogP contribution >= 0.6 is 11.3 Å². The predicted octanol–water partition coefficient (Wildman–Crippen LogP) is 2.23. The lowest BCUT2D eigenvalue weighted by Crippen LogP contribution is -2.50. The fourth-order valence-electron chi connectivity index (χ4n) is 2.11. The molecule has 1 unspecified atom stereocenters. The minimum Gasteiger partial charge on any atom is -0.459 e. The number of aliphatic hydroxyl groups is 1. The number of hydrogen-bond donors (Lipinski definition) is 2. The Kier molecular flexibility index (Phi) is 5.33. The summed E-state index contributed by atoms with van der Waals surface area (Å²) in [7, 11) is 1.56. The summed E-state index contributed by atoms with van der Waals surface area (Å²) in [5, 5.41) is 14.4. The molecule has 0 radical (unpaired) electrons. The first-order chi connectivity index (χ1) is 10.5. The van der Waals surface area contributed by atoms with Gasteiger partial charge in [0.25, 0.3) is 5.91 Å². The van der Waals surface area contributed by atoms with E-state index in [-0.39, 0.29) is 12.5 Å². The van der Waals surface area contributed by atoms with Gasteiger partial charge in [-0.3, -0.25) is 4.79 Å². The van der Waals surface area contributed by atoms with E-state index in [1.54, 1.807) is 12.5 Å². The zero-order valence-electron chi connectivity index (χ0n) is 12.9. The minimum absolute atomic E-state index is 0.0336. The van der Waals surface area contributed by atoms with Crippen molar-refractivity contribution in [3.05, 3.63) is 29.0 Å². The lowest BCUT2D eigenvalue weighted by Gasteiger charge is -2.29. The highest BCUT2D eigenvalue weighted by molar-refractivity contribution is 7.13. The Bertz CT molecular complexity index is 629. The zero-order valence-corrected chi connectivity index (χ0v) is 13.7. The Morgan fingerprint density at radius 1 is 1.55 bits per heavy atom. The van der Waals surface area contributed by atoms with Crippen LogP contribution in [0.25, 0.3) is 10.8 Å². The first-order valence-electron chi connectivity index (χ1n) is 6.92. The number of methoxy groups -OCH3 is 1. The van der Waals surface area contributed by atoms with Crippen LogP contribution in [-0.4, -0.2) is 41.9 Å². The van der Waals surface area contributed by atoms with Gasteiger partial charge >= 0.3 is 0 Å². The highest BCUT2D eigenvalue weighted by atomic mass is 32.1. The molecule has 2 heterocycles. The molecule has 0 aliphatic heterocycles. The van der Waals surface area contributed by atoms with E-state index in [1.807, 2.05) is 26.0 Å². The summed E-state index contributed by atoms with van der Waals surface area (Å²) >= 11 is 1.35. The average molecular weight is 324 g/mol. The molecule has 0 aromatic carbocycles. The summed E-state index contributed by atoms with van der Waals surface area (Å²) in [5.74, 6) is 1.15. The second kappa shape index (κ2) is 7.04. The van der Waals surface area contributed by atoms with Crippen LogP contribution in [0.4, 0.5) is 0 Å². The van der Waals surface area contributed by atoms with Gasteiger partial charge in [-0.2, -0.15) is 0 Å². The molecule has 0 spiro atoms. The maximum Gasteiger partial charge on any atom is 0.271 e. The lowest BCUT2D eigenvalue weighted by molar-refractivity contribution is 0.0722. The largest absolute Gasteiger partial charge is 0.459 e. The fourth-order valence-corrected chi connectivity index (χ4v) is 2.87. The van der Waals surface area contributed by atoms with Crippen molar-refractivity contribution in [3.8, 4) is 10.8 Å². The number of carbonyl (C=O) groups is 1. The van der Waals surface area contributed by atoms with Gasteiger partial charge in [-0.1, -0.05) is 0 Å². The summed E-state index contributed by atoms with van der Waals surface area (Å²) in [6, 6.07) is 3.68. The monoisotopic (exact) mass is 324 g/mol. The van der Waals surface area contributed by atoms with Gasteiger partial charge in [0.15, 0.2) is 10.8 Å². The van der Waals surface area contributed by atoms with Gasteiger partial charge in [-0.15, -0.1) is 11.3 Å². The molecule has 1 atom stereocenters. The molecule has 0 aliphatic rings. The van der Waals surface area contributed by atoms with Crippen LogP contribution in [0, 0.1) is 6.92 Å². The molecule has 0 fully saturated rings. The van der Waals surface area contributed by atoms with Crippen molar-refractivity contribution < 1.29 is 19.1 Å². The molecule has 22 heavy (non-hydrogen) atoms. The van der Waals surface area contributed by atoms with Gasteiger partial charge in [0.2, 0.25) is 0 Å². The molecular formula is C15H20N2O4S. The number of nitrogens with one attached hydrogen (secondary N) is 1. The third-order valence-corrected chi connectivity index (χ3v) is 4.09. The summed E-state index contributed by atoms with van der Waals surface area (Å²) in [4.78, 5) is 16.6. The second-order valence-electron chi connectivity index (χ2n) is 5.37. The predicted molar refractivity (Wildman–Crippen MR) is 84.0 cm³/mol. The first kappa shape index (κ1) is 16.7. The van der Waals surface area contributed by atoms with Gasteiger partial charge in [0.05, 0.1) is 12.1 Å². The number of amides is 1. The van der Waals surface area contributed by atoms with E-state index in [4.69, 9.17) is 14.3 Å². The minimum atomic E-state index is -0.633.